The largest absolute Gasteiger partial charge is 0.497 e. The van der Waals surface area contributed by atoms with Gasteiger partial charge in [0.05, 0.1) is 41.5 Å². The van der Waals surface area contributed by atoms with Crippen molar-refractivity contribution in [2.45, 2.75) is 20.0 Å². The molecule has 11 heteroatoms. The lowest BCUT2D eigenvalue weighted by Crippen LogP contribution is -2.12. The van der Waals surface area contributed by atoms with Gasteiger partial charge in [0, 0.05) is 17.5 Å². The van der Waals surface area contributed by atoms with Crippen LogP contribution in [0.2, 0.25) is 5.15 Å². The van der Waals surface area contributed by atoms with E-state index in [0.717, 1.165) is 29.1 Å². The van der Waals surface area contributed by atoms with Crippen LogP contribution in [-0.4, -0.2) is 34.3 Å². The second-order valence-electron chi connectivity index (χ2n) is 7.41. The minimum Gasteiger partial charge on any atom is -0.497 e. The molecule has 2 aromatic carbocycles. The van der Waals surface area contributed by atoms with E-state index in [4.69, 9.17) is 16.3 Å². The second-order valence-corrected chi connectivity index (χ2v) is 8.61. The van der Waals surface area contributed by atoms with Crippen LogP contribution in [0.25, 0.3) is 16.9 Å². The molecular weight excluding hydrogens is 499 g/mol. The zero-order valence-electron chi connectivity index (χ0n) is 19.0. The fraction of sp³-hybridized carbons (Fsp3) is 0.208. The smallest absolute Gasteiger partial charge is 0.416 e. The molecule has 182 valence electrons. The molecule has 0 amide bonds. The van der Waals surface area contributed by atoms with E-state index in [9.17, 15) is 13.2 Å². The van der Waals surface area contributed by atoms with Crippen LogP contribution in [0.15, 0.2) is 64.0 Å². The number of halogens is 4. The first kappa shape index (κ1) is 24.7. The van der Waals surface area contributed by atoms with Gasteiger partial charge in [-0.05, 0) is 56.3 Å². The summed E-state index contributed by atoms with van der Waals surface area (Å²) in [5, 5.41) is 11.1. The number of aryl methyl sites for hydroxylation is 1. The molecule has 0 saturated heterocycles. The highest BCUT2D eigenvalue weighted by atomic mass is 35.5. The van der Waals surface area contributed by atoms with Crippen molar-refractivity contribution < 1.29 is 17.9 Å². The molecule has 0 N–H and O–H groups in total. The Morgan fingerprint density at radius 1 is 1.17 bits per heavy atom. The van der Waals surface area contributed by atoms with Crippen LogP contribution in [0.4, 0.5) is 13.2 Å². The van der Waals surface area contributed by atoms with Gasteiger partial charge in [0.25, 0.3) is 0 Å². The molecule has 2 aromatic heterocycles. The molecule has 35 heavy (non-hydrogen) atoms. The van der Waals surface area contributed by atoms with E-state index < -0.39 is 11.7 Å². The number of hydrogen-bond donors (Lipinski definition) is 0. The van der Waals surface area contributed by atoms with Crippen molar-refractivity contribution in [2.75, 3.05) is 13.7 Å². The topological polar surface area (TPSA) is 56.7 Å². The first-order chi connectivity index (χ1) is 16.7. The molecule has 0 atom stereocenters. The summed E-state index contributed by atoms with van der Waals surface area (Å²) in [6.07, 6.45) is -2.93. The standard InChI is InChI=1S/C24H21ClF3N5OS/c1-4-29-23-33(21(14-35-23)16-8-10-19(34-3)11-9-16)30-13-20-15(2)31-32(22(20)25)18-7-5-6-17(12-18)24(26,27)28/h5-14H,4H2,1-3H3/b29-23?,30-13+. The third-order valence-electron chi connectivity index (χ3n) is 5.13. The molecule has 0 aliphatic heterocycles. The summed E-state index contributed by atoms with van der Waals surface area (Å²) in [5.74, 6) is 0.738. The van der Waals surface area contributed by atoms with E-state index in [1.54, 1.807) is 24.9 Å². The van der Waals surface area contributed by atoms with Crippen molar-refractivity contribution in [1.82, 2.24) is 14.5 Å². The van der Waals surface area contributed by atoms with Crippen molar-refractivity contribution in [3.05, 3.63) is 80.7 Å². The quantitative estimate of drug-likeness (QED) is 0.285. The third-order valence-corrected chi connectivity index (χ3v) is 6.35. The van der Waals surface area contributed by atoms with Crippen LogP contribution in [0.1, 0.15) is 23.7 Å². The van der Waals surface area contributed by atoms with Gasteiger partial charge in [-0.2, -0.15) is 23.4 Å². The summed E-state index contributed by atoms with van der Waals surface area (Å²) in [4.78, 5) is 5.20. The Labute approximate surface area is 208 Å². The van der Waals surface area contributed by atoms with Crippen LogP contribution in [-0.2, 0) is 6.18 Å². The third kappa shape index (κ3) is 5.18. The van der Waals surface area contributed by atoms with E-state index in [-0.39, 0.29) is 10.8 Å². The number of ether oxygens (including phenoxy) is 1. The van der Waals surface area contributed by atoms with E-state index in [2.05, 4.69) is 15.2 Å². The predicted molar refractivity (Wildman–Crippen MR) is 132 cm³/mol. The average molecular weight is 520 g/mol. The Balaban J connectivity index is 1.75. The summed E-state index contributed by atoms with van der Waals surface area (Å²) in [6, 6.07) is 12.4. The van der Waals surface area contributed by atoms with Gasteiger partial charge in [-0.3, -0.25) is 4.99 Å². The lowest BCUT2D eigenvalue weighted by Gasteiger charge is -2.09. The van der Waals surface area contributed by atoms with Crippen molar-refractivity contribution in [3.8, 4) is 22.7 Å². The van der Waals surface area contributed by atoms with Gasteiger partial charge < -0.3 is 4.74 Å². The SMILES string of the molecule is CCN=c1scc(-c2ccc(OC)cc2)n1/N=C/c1c(C)nn(-c2cccc(C(F)(F)F)c2)c1Cl. The summed E-state index contributed by atoms with van der Waals surface area (Å²) in [5.41, 5.74) is 2.17. The van der Waals surface area contributed by atoms with Crippen molar-refractivity contribution >= 4 is 29.2 Å². The highest BCUT2D eigenvalue weighted by Crippen LogP contribution is 2.31. The highest BCUT2D eigenvalue weighted by Gasteiger charge is 2.30. The van der Waals surface area contributed by atoms with Crippen LogP contribution in [0.3, 0.4) is 0 Å². The molecule has 0 aliphatic carbocycles. The molecule has 0 radical (unpaired) electrons. The first-order valence-corrected chi connectivity index (χ1v) is 11.8. The number of benzene rings is 2. The lowest BCUT2D eigenvalue weighted by atomic mass is 10.2. The van der Waals surface area contributed by atoms with Gasteiger partial charge in [0.15, 0.2) is 0 Å². The molecule has 0 saturated carbocycles. The Morgan fingerprint density at radius 2 is 1.91 bits per heavy atom. The number of hydrogen-bond acceptors (Lipinski definition) is 5. The maximum Gasteiger partial charge on any atom is 0.416 e. The first-order valence-electron chi connectivity index (χ1n) is 10.6. The number of aromatic nitrogens is 3. The average Bonchev–Trinajstić information content (AvgIpc) is 3.37. The maximum atomic E-state index is 13.2. The maximum absolute atomic E-state index is 13.2. The van der Waals surface area contributed by atoms with Gasteiger partial charge >= 0.3 is 6.18 Å². The molecule has 4 rings (SSSR count). The van der Waals surface area contributed by atoms with Crippen LogP contribution < -0.4 is 9.54 Å². The number of thiazole rings is 1. The van der Waals surface area contributed by atoms with Gasteiger partial charge in [0.1, 0.15) is 10.9 Å². The Morgan fingerprint density at radius 3 is 2.57 bits per heavy atom. The molecular formula is C24H21ClF3N5OS. The molecule has 0 unspecified atom stereocenters. The van der Waals surface area contributed by atoms with Crippen molar-refractivity contribution in [1.29, 1.82) is 0 Å². The monoisotopic (exact) mass is 519 g/mol. The Kier molecular flexibility index (Phi) is 7.13. The summed E-state index contributed by atoms with van der Waals surface area (Å²) in [6.45, 7) is 4.23. The normalized spacial score (nSPS) is 12.6. The van der Waals surface area contributed by atoms with E-state index in [0.29, 0.717) is 22.6 Å². The van der Waals surface area contributed by atoms with Crippen molar-refractivity contribution in [3.63, 3.8) is 0 Å². The van der Waals surface area contributed by atoms with Crippen LogP contribution in [0, 0.1) is 6.92 Å². The number of methoxy groups -OCH3 is 1. The fourth-order valence-electron chi connectivity index (χ4n) is 3.37. The molecule has 0 fully saturated rings. The molecule has 0 bridgehead atoms. The molecule has 6 nitrogen and oxygen atoms in total. The Bertz CT molecular complexity index is 1430. The van der Waals surface area contributed by atoms with Gasteiger partial charge in [0.2, 0.25) is 4.80 Å². The molecule has 4 aromatic rings. The second kappa shape index (κ2) is 10.1. The van der Waals surface area contributed by atoms with Crippen molar-refractivity contribution in [2.24, 2.45) is 10.1 Å². The summed E-state index contributed by atoms with van der Waals surface area (Å²) in [7, 11) is 1.61. The molecule has 2 heterocycles. The number of rotatable bonds is 6. The highest BCUT2D eigenvalue weighted by molar-refractivity contribution is 7.07. The predicted octanol–water partition coefficient (Wildman–Crippen LogP) is 6.19. The van der Waals surface area contributed by atoms with E-state index in [1.165, 1.54) is 28.2 Å². The molecule has 0 aliphatic rings. The number of nitrogens with zero attached hydrogens (tertiary/aromatic N) is 5. The van der Waals surface area contributed by atoms with Gasteiger partial charge in [-0.15, -0.1) is 11.3 Å². The van der Waals surface area contributed by atoms with Crippen LogP contribution in [0.5, 0.6) is 5.75 Å². The van der Waals surface area contributed by atoms with Gasteiger partial charge in [-0.25, -0.2) is 9.36 Å². The van der Waals surface area contributed by atoms with E-state index in [1.807, 2.05) is 36.6 Å². The fourth-order valence-corrected chi connectivity index (χ4v) is 4.60. The van der Waals surface area contributed by atoms with Gasteiger partial charge in [-0.1, -0.05) is 17.7 Å². The zero-order valence-corrected chi connectivity index (χ0v) is 20.6. The molecule has 0 spiro atoms. The van der Waals surface area contributed by atoms with Crippen LogP contribution >= 0.6 is 22.9 Å². The number of alkyl halides is 3. The summed E-state index contributed by atoms with van der Waals surface area (Å²) < 4.78 is 47.7. The minimum absolute atomic E-state index is 0.154. The van der Waals surface area contributed by atoms with E-state index >= 15 is 0 Å². The zero-order chi connectivity index (χ0) is 25.2. The minimum atomic E-state index is -4.47. The lowest BCUT2D eigenvalue weighted by molar-refractivity contribution is -0.137. The summed E-state index contributed by atoms with van der Waals surface area (Å²) >= 11 is 7.99. The Hall–Kier alpha value is -3.37.